The molecule has 0 atom stereocenters. The van der Waals surface area contributed by atoms with Crippen molar-refractivity contribution in [3.05, 3.63) is 120 Å². The van der Waals surface area contributed by atoms with Gasteiger partial charge in [-0.25, -0.2) is 14.5 Å². The van der Waals surface area contributed by atoms with E-state index in [0.717, 1.165) is 36.9 Å². The summed E-state index contributed by atoms with van der Waals surface area (Å²) in [6, 6.07) is 27.8. The third-order valence-corrected chi connectivity index (χ3v) is 8.31. The second-order valence-electron chi connectivity index (χ2n) is 12.3. The largest absolute Gasteiger partial charge is 0.462 e. The van der Waals surface area contributed by atoms with Gasteiger partial charge in [0.1, 0.15) is 0 Å². The lowest BCUT2D eigenvalue weighted by Gasteiger charge is -2.30. The smallest absolute Gasteiger partial charge is 0.338 e. The van der Waals surface area contributed by atoms with Crippen LogP contribution in [-0.2, 0) is 16.0 Å². The molecule has 53 heavy (non-hydrogen) atoms. The summed E-state index contributed by atoms with van der Waals surface area (Å²) >= 11 is 0. The minimum atomic E-state index is -0.374. The van der Waals surface area contributed by atoms with E-state index in [2.05, 4.69) is 37.3 Å². The molecule has 1 aromatic heterocycles. The van der Waals surface area contributed by atoms with Gasteiger partial charge in [0.2, 0.25) is 29.8 Å². The number of hydrogen-bond donors (Lipinski definition) is 2. The number of ether oxygens (including phenoxy) is 2. The first-order chi connectivity index (χ1) is 26.0. The Morgan fingerprint density at radius 2 is 1.13 bits per heavy atom. The van der Waals surface area contributed by atoms with Crippen molar-refractivity contribution in [2.75, 3.05) is 23.8 Å². The van der Waals surface area contributed by atoms with Gasteiger partial charge in [0.05, 0.1) is 30.0 Å². The Kier molecular flexibility index (Phi) is 10.6. The van der Waals surface area contributed by atoms with Crippen LogP contribution in [0.25, 0.3) is 0 Å². The van der Waals surface area contributed by atoms with Gasteiger partial charge in [-0.05, 0) is 79.1 Å². The van der Waals surface area contributed by atoms with E-state index < -0.39 is 0 Å². The number of amidine groups is 1. The first-order valence-corrected chi connectivity index (χ1v) is 17.6. The number of carbonyl (C=O) groups is 2. The SMILES string of the molecule is CCCCOC(=O)c1ccc(NC2=NC3=NC(Nc4ccc(C(=O)OCCCC)cc4)=NC4=NC(c5cccn5Cc5ccccc5)=NC(=N2)N34)cc1. The Bertz CT molecular complexity index is 2100. The van der Waals surface area contributed by atoms with Crippen molar-refractivity contribution in [1.82, 2.24) is 9.47 Å². The molecule has 0 bridgehead atoms. The maximum atomic E-state index is 12.4. The van der Waals surface area contributed by atoms with E-state index in [4.69, 9.17) is 29.4 Å². The molecule has 4 heterocycles. The molecule has 0 radical (unpaired) electrons. The van der Waals surface area contributed by atoms with Crippen molar-refractivity contribution in [2.45, 2.75) is 46.1 Å². The number of carbonyl (C=O) groups excluding carboxylic acids is 2. The van der Waals surface area contributed by atoms with E-state index in [1.54, 1.807) is 53.4 Å². The molecule has 268 valence electrons. The zero-order valence-electron chi connectivity index (χ0n) is 29.4. The molecule has 0 saturated carbocycles. The van der Waals surface area contributed by atoms with Gasteiger partial charge in [-0.3, -0.25) is 0 Å². The minimum Gasteiger partial charge on any atom is -0.462 e. The average molecular weight is 711 g/mol. The molecule has 7 rings (SSSR count). The summed E-state index contributed by atoms with van der Waals surface area (Å²) in [5.41, 5.74) is 4.09. The molecular formula is C39H38N10O4. The number of guanidine groups is 5. The van der Waals surface area contributed by atoms with Gasteiger partial charge in [0.15, 0.2) is 5.84 Å². The van der Waals surface area contributed by atoms with Crippen LogP contribution >= 0.6 is 0 Å². The summed E-state index contributed by atoms with van der Waals surface area (Å²) in [7, 11) is 0. The van der Waals surface area contributed by atoms with Crippen LogP contribution in [0.15, 0.2) is 127 Å². The molecule has 3 aliphatic rings. The van der Waals surface area contributed by atoms with Crippen LogP contribution < -0.4 is 10.6 Å². The molecule has 14 heteroatoms. The number of nitrogens with one attached hydrogen (secondary N) is 2. The molecule has 0 amide bonds. The van der Waals surface area contributed by atoms with Crippen molar-refractivity contribution in [3.8, 4) is 0 Å². The van der Waals surface area contributed by atoms with Gasteiger partial charge in [0.25, 0.3) is 0 Å². The minimum absolute atomic E-state index is 0.226. The van der Waals surface area contributed by atoms with Crippen molar-refractivity contribution >= 4 is 58.9 Å². The Hall–Kier alpha value is -6.70. The Morgan fingerprint density at radius 3 is 1.68 bits per heavy atom. The summed E-state index contributed by atoms with van der Waals surface area (Å²) in [5, 5.41) is 6.43. The predicted molar refractivity (Wildman–Crippen MR) is 206 cm³/mol. The van der Waals surface area contributed by atoms with E-state index in [0.29, 0.717) is 48.1 Å². The summed E-state index contributed by atoms with van der Waals surface area (Å²) in [4.78, 5) is 54.9. The molecule has 0 saturated heterocycles. The number of esters is 2. The van der Waals surface area contributed by atoms with Gasteiger partial charge in [0, 0.05) is 24.1 Å². The van der Waals surface area contributed by atoms with E-state index in [1.165, 1.54) is 0 Å². The van der Waals surface area contributed by atoms with E-state index in [9.17, 15) is 9.59 Å². The number of nitrogens with zero attached hydrogens (tertiary/aromatic N) is 8. The lowest BCUT2D eigenvalue weighted by Crippen LogP contribution is -2.49. The second-order valence-corrected chi connectivity index (χ2v) is 12.3. The average Bonchev–Trinajstić information content (AvgIpc) is 3.64. The fourth-order valence-corrected chi connectivity index (χ4v) is 5.47. The summed E-state index contributed by atoms with van der Waals surface area (Å²) < 4.78 is 12.7. The van der Waals surface area contributed by atoms with Crippen LogP contribution in [0.4, 0.5) is 11.4 Å². The van der Waals surface area contributed by atoms with Crippen molar-refractivity contribution < 1.29 is 19.1 Å². The van der Waals surface area contributed by atoms with Crippen LogP contribution in [0.2, 0.25) is 0 Å². The molecule has 0 unspecified atom stereocenters. The highest BCUT2D eigenvalue weighted by atomic mass is 16.5. The number of hydrogen-bond acceptors (Lipinski definition) is 13. The third kappa shape index (κ3) is 8.28. The fourth-order valence-electron chi connectivity index (χ4n) is 5.47. The van der Waals surface area contributed by atoms with Gasteiger partial charge < -0.3 is 24.7 Å². The molecule has 14 nitrogen and oxygen atoms in total. The maximum Gasteiger partial charge on any atom is 0.338 e. The topological polar surface area (TPSA) is 159 Å². The second kappa shape index (κ2) is 16.1. The van der Waals surface area contributed by atoms with E-state index >= 15 is 0 Å². The van der Waals surface area contributed by atoms with Gasteiger partial charge >= 0.3 is 11.9 Å². The monoisotopic (exact) mass is 710 g/mol. The highest BCUT2D eigenvalue weighted by Gasteiger charge is 2.36. The van der Waals surface area contributed by atoms with Crippen LogP contribution in [-0.4, -0.2) is 70.3 Å². The molecule has 0 spiro atoms. The first-order valence-electron chi connectivity index (χ1n) is 17.6. The molecule has 2 N–H and O–H groups in total. The third-order valence-electron chi connectivity index (χ3n) is 8.31. The van der Waals surface area contributed by atoms with Crippen molar-refractivity contribution in [3.63, 3.8) is 0 Å². The van der Waals surface area contributed by atoms with Crippen molar-refractivity contribution in [1.29, 1.82) is 0 Å². The van der Waals surface area contributed by atoms with Crippen molar-refractivity contribution in [2.24, 2.45) is 30.0 Å². The number of aromatic nitrogens is 1. The van der Waals surface area contributed by atoms with E-state index in [-0.39, 0.29) is 41.7 Å². The van der Waals surface area contributed by atoms with Crippen LogP contribution in [0.1, 0.15) is 71.5 Å². The zero-order chi connectivity index (χ0) is 36.6. The summed E-state index contributed by atoms with van der Waals surface area (Å²) in [6.45, 7) is 5.46. The highest BCUT2D eigenvalue weighted by Crippen LogP contribution is 2.22. The molecule has 0 fully saturated rings. The zero-order valence-corrected chi connectivity index (χ0v) is 29.4. The molecule has 3 aromatic carbocycles. The molecule has 3 aliphatic heterocycles. The summed E-state index contributed by atoms with van der Waals surface area (Å²) in [5.74, 6) is 0.912. The number of rotatable bonds is 13. The first kappa shape index (κ1) is 34.7. The number of anilines is 2. The Labute approximate surface area is 306 Å². The number of benzene rings is 3. The highest BCUT2D eigenvalue weighted by molar-refractivity contribution is 6.33. The standard InChI is InChI=1S/C39H38N10O4/c1-3-5-23-52-33(50)27-14-18-29(19-15-27)40-35-44-37-42-32(31-13-10-22-48(31)25-26-11-8-7-9-12-26)43-38-45-36(47-39(46-35)49(37)38)41-30-20-16-28(17-21-30)34(51)53-24-6-4-2/h7-22H,3-6,23-25H2,1-2H3,(H2,40,41,42,43,44,45,46,47). The lowest BCUT2D eigenvalue weighted by atomic mass is 10.2. The van der Waals surface area contributed by atoms with Crippen LogP contribution in [0.3, 0.4) is 0 Å². The normalized spacial score (nSPS) is 14.4. The maximum absolute atomic E-state index is 12.4. The van der Waals surface area contributed by atoms with Gasteiger partial charge in [-0.2, -0.15) is 30.0 Å². The Morgan fingerprint density at radius 1 is 0.604 bits per heavy atom. The lowest BCUT2D eigenvalue weighted by molar-refractivity contribution is 0.0490. The quantitative estimate of drug-likeness (QED) is 0.118. The molecular weight excluding hydrogens is 672 g/mol. The van der Waals surface area contributed by atoms with Crippen LogP contribution in [0, 0.1) is 0 Å². The number of unbranched alkanes of at least 4 members (excludes halogenated alkanes) is 2. The Balaban J connectivity index is 1.18. The molecule has 4 aromatic rings. The van der Waals surface area contributed by atoms with Crippen LogP contribution in [0.5, 0.6) is 0 Å². The fraction of sp³-hybridized carbons (Fsp3) is 0.231. The van der Waals surface area contributed by atoms with Gasteiger partial charge in [-0.1, -0.05) is 57.0 Å². The predicted octanol–water partition coefficient (Wildman–Crippen LogP) is 6.54. The summed E-state index contributed by atoms with van der Waals surface area (Å²) in [6.07, 6.45) is 5.48. The molecule has 0 aliphatic carbocycles. The van der Waals surface area contributed by atoms with E-state index in [1.807, 2.05) is 50.4 Å². The van der Waals surface area contributed by atoms with Gasteiger partial charge in [-0.15, -0.1) is 0 Å². The number of aliphatic imine (C=N–C) groups is 6.